The number of rotatable bonds is 9. The molecule has 0 radical (unpaired) electrons. The van der Waals surface area contributed by atoms with Crippen molar-refractivity contribution in [3.63, 3.8) is 0 Å². The summed E-state index contributed by atoms with van der Waals surface area (Å²) < 4.78 is 2.30. The van der Waals surface area contributed by atoms with E-state index in [1.807, 2.05) is 6.26 Å². The summed E-state index contributed by atoms with van der Waals surface area (Å²) in [5.41, 5.74) is 1.40. The highest BCUT2D eigenvalue weighted by atomic mass is 32.2. The fourth-order valence-corrected chi connectivity index (χ4v) is 5.01. The van der Waals surface area contributed by atoms with Gasteiger partial charge >= 0.3 is 0 Å². The van der Waals surface area contributed by atoms with Crippen LogP contribution >= 0.6 is 11.8 Å². The van der Waals surface area contributed by atoms with Crippen molar-refractivity contribution < 1.29 is 14.4 Å². The van der Waals surface area contributed by atoms with E-state index in [-0.39, 0.29) is 37.1 Å². The van der Waals surface area contributed by atoms with Gasteiger partial charge < -0.3 is 9.88 Å². The van der Waals surface area contributed by atoms with Crippen LogP contribution in [0.1, 0.15) is 72.7 Å². The van der Waals surface area contributed by atoms with Crippen LogP contribution < -0.4 is 5.32 Å². The Bertz CT molecular complexity index is 966. The number of nitrogens with one attached hydrogen (secondary N) is 1. The van der Waals surface area contributed by atoms with Crippen molar-refractivity contribution >= 4 is 29.5 Å². The van der Waals surface area contributed by atoms with Crippen LogP contribution in [0.5, 0.6) is 0 Å². The molecule has 1 aliphatic heterocycles. The fourth-order valence-electron chi connectivity index (χ4n) is 4.44. The maximum Gasteiger partial charge on any atom is 0.251 e. The number of hydrogen-bond acceptors (Lipinski definition) is 6. The molecule has 1 saturated heterocycles. The minimum atomic E-state index is -0.134. The SMILES string of the molecule is CSc1nnc(CCCNC(=O)c2ccc(CN3C(=O)CCC3=O)cc2)n1C1CCCC1. The third-order valence-electron chi connectivity index (χ3n) is 6.18. The monoisotopic (exact) mass is 455 g/mol. The van der Waals surface area contributed by atoms with Crippen LogP contribution in [-0.4, -0.2) is 50.2 Å². The zero-order chi connectivity index (χ0) is 22.5. The van der Waals surface area contributed by atoms with E-state index in [0.29, 0.717) is 18.2 Å². The summed E-state index contributed by atoms with van der Waals surface area (Å²) in [6, 6.07) is 7.56. The van der Waals surface area contributed by atoms with E-state index in [1.165, 1.54) is 30.6 Å². The lowest BCUT2D eigenvalue weighted by Crippen LogP contribution is -2.28. The van der Waals surface area contributed by atoms with Crippen LogP contribution in [0.3, 0.4) is 0 Å². The van der Waals surface area contributed by atoms with Crippen molar-refractivity contribution in [2.45, 2.75) is 69.1 Å². The number of aryl methyl sites for hydroxylation is 1. The Balaban J connectivity index is 1.26. The number of carbonyl (C=O) groups is 3. The van der Waals surface area contributed by atoms with Gasteiger partial charge in [0.15, 0.2) is 5.16 Å². The van der Waals surface area contributed by atoms with Crippen LogP contribution in [0, 0.1) is 0 Å². The van der Waals surface area contributed by atoms with Crippen LogP contribution in [-0.2, 0) is 22.6 Å². The summed E-state index contributed by atoms with van der Waals surface area (Å²) in [5, 5.41) is 12.7. The molecule has 3 amide bonds. The Morgan fingerprint density at radius 1 is 1.09 bits per heavy atom. The van der Waals surface area contributed by atoms with Crippen LogP contribution in [0.25, 0.3) is 0 Å². The van der Waals surface area contributed by atoms with Gasteiger partial charge in [0.2, 0.25) is 11.8 Å². The molecule has 0 atom stereocenters. The number of imide groups is 1. The van der Waals surface area contributed by atoms with Crippen molar-refractivity contribution in [2.75, 3.05) is 12.8 Å². The second kappa shape index (κ2) is 10.3. The molecule has 1 aromatic carbocycles. The molecule has 0 spiro atoms. The van der Waals surface area contributed by atoms with Gasteiger partial charge in [-0.15, -0.1) is 10.2 Å². The predicted molar refractivity (Wildman–Crippen MR) is 121 cm³/mol. The van der Waals surface area contributed by atoms with Crippen LogP contribution in [0.4, 0.5) is 0 Å². The standard InChI is InChI=1S/C23H29N5O3S/c1-32-23-26-25-19(28(23)18-5-2-3-6-18)7-4-14-24-22(31)17-10-8-16(9-11-17)15-27-20(29)12-13-21(27)30/h8-11,18H,2-7,12-15H2,1H3,(H,24,31). The number of carbonyl (C=O) groups excluding carboxylic acids is 3. The van der Waals surface area contributed by atoms with Crippen molar-refractivity contribution in [1.82, 2.24) is 25.0 Å². The van der Waals surface area contributed by atoms with E-state index in [9.17, 15) is 14.4 Å². The molecule has 2 aromatic rings. The molecule has 4 rings (SSSR count). The Labute approximate surface area is 192 Å². The van der Waals surface area contributed by atoms with Crippen molar-refractivity contribution in [2.24, 2.45) is 0 Å². The minimum Gasteiger partial charge on any atom is -0.352 e. The maximum absolute atomic E-state index is 12.5. The number of thioether (sulfide) groups is 1. The smallest absolute Gasteiger partial charge is 0.251 e. The minimum absolute atomic E-state index is 0.132. The largest absolute Gasteiger partial charge is 0.352 e. The van der Waals surface area contributed by atoms with Gasteiger partial charge in [-0.2, -0.15) is 0 Å². The summed E-state index contributed by atoms with van der Waals surface area (Å²) in [6.45, 7) is 0.822. The van der Waals surface area contributed by atoms with Gasteiger partial charge in [0, 0.05) is 37.4 Å². The highest BCUT2D eigenvalue weighted by Gasteiger charge is 2.28. The van der Waals surface area contributed by atoms with E-state index >= 15 is 0 Å². The molecule has 1 N–H and O–H groups in total. The predicted octanol–water partition coefficient (Wildman–Crippen LogP) is 3.13. The first kappa shape index (κ1) is 22.5. The normalized spacial score (nSPS) is 16.8. The summed E-state index contributed by atoms with van der Waals surface area (Å²) >= 11 is 1.63. The molecular formula is C23H29N5O3S. The average molecular weight is 456 g/mol. The molecule has 1 aliphatic carbocycles. The first-order valence-electron chi connectivity index (χ1n) is 11.2. The van der Waals surface area contributed by atoms with Crippen LogP contribution in [0.2, 0.25) is 0 Å². The molecule has 2 fully saturated rings. The van der Waals surface area contributed by atoms with E-state index in [4.69, 9.17) is 0 Å². The van der Waals surface area contributed by atoms with Gasteiger partial charge in [-0.1, -0.05) is 36.7 Å². The molecule has 170 valence electrons. The molecular weight excluding hydrogens is 426 g/mol. The van der Waals surface area contributed by atoms with Crippen LogP contribution in [0.15, 0.2) is 29.4 Å². The number of nitrogens with zero attached hydrogens (tertiary/aromatic N) is 4. The first-order chi connectivity index (χ1) is 15.6. The molecule has 0 unspecified atom stereocenters. The van der Waals surface area contributed by atoms with Crippen molar-refractivity contribution in [3.8, 4) is 0 Å². The maximum atomic E-state index is 12.5. The highest BCUT2D eigenvalue weighted by molar-refractivity contribution is 7.98. The lowest BCUT2D eigenvalue weighted by molar-refractivity contribution is -0.139. The molecule has 9 heteroatoms. The molecule has 32 heavy (non-hydrogen) atoms. The van der Waals surface area contributed by atoms with E-state index in [1.54, 1.807) is 36.0 Å². The number of amides is 3. The van der Waals surface area contributed by atoms with Gasteiger partial charge in [-0.05, 0) is 43.2 Å². The average Bonchev–Trinajstić information content (AvgIpc) is 3.54. The van der Waals surface area contributed by atoms with E-state index in [2.05, 4.69) is 20.1 Å². The molecule has 1 saturated carbocycles. The summed E-state index contributed by atoms with van der Waals surface area (Å²) in [5.74, 6) is 0.605. The topological polar surface area (TPSA) is 97.2 Å². The van der Waals surface area contributed by atoms with Gasteiger partial charge in [0.05, 0.1) is 6.54 Å². The second-order valence-corrected chi connectivity index (χ2v) is 9.11. The lowest BCUT2D eigenvalue weighted by Gasteiger charge is -2.16. The summed E-state index contributed by atoms with van der Waals surface area (Å²) in [6.07, 6.45) is 9.07. The summed E-state index contributed by atoms with van der Waals surface area (Å²) in [7, 11) is 0. The summed E-state index contributed by atoms with van der Waals surface area (Å²) in [4.78, 5) is 37.3. The van der Waals surface area contributed by atoms with Crippen molar-refractivity contribution in [3.05, 3.63) is 41.2 Å². The molecule has 2 heterocycles. The van der Waals surface area contributed by atoms with Gasteiger partial charge in [0.1, 0.15) is 5.82 Å². The first-order valence-corrected chi connectivity index (χ1v) is 12.5. The molecule has 8 nitrogen and oxygen atoms in total. The number of aromatic nitrogens is 3. The Morgan fingerprint density at radius 2 is 1.78 bits per heavy atom. The Hall–Kier alpha value is -2.68. The highest BCUT2D eigenvalue weighted by Crippen LogP contribution is 2.33. The third kappa shape index (κ3) is 5.03. The molecule has 0 bridgehead atoms. The quantitative estimate of drug-likeness (QED) is 0.354. The van der Waals surface area contributed by atoms with Gasteiger partial charge in [0.25, 0.3) is 5.91 Å². The Morgan fingerprint density at radius 3 is 2.44 bits per heavy atom. The Kier molecular flexibility index (Phi) is 7.24. The number of benzene rings is 1. The number of likely N-dealkylation sites (tertiary alicyclic amines) is 1. The van der Waals surface area contributed by atoms with E-state index < -0.39 is 0 Å². The van der Waals surface area contributed by atoms with Gasteiger partial charge in [-0.3, -0.25) is 19.3 Å². The molecule has 2 aliphatic rings. The third-order valence-corrected chi connectivity index (χ3v) is 6.83. The zero-order valence-corrected chi connectivity index (χ0v) is 19.2. The lowest BCUT2D eigenvalue weighted by atomic mass is 10.1. The zero-order valence-electron chi connectivity index (χ0n) is 18.4. The number of hydrogen-bond donors (Lipinski definition) is 1. The molecule has 1 aromatic heterocycles. The van der Waals surface area contributed by atoms with Crippen molar-refractivity contribution in [1.29, 1.82) is 0 Å². The fraction of sp³-hybridized carbons (Fsp3) is 0.522. The van der Waals surface area contributed by atoms with E-state index in [0.717, 1.165) is 29.4 Å². The second-order valence-electron chi connectivity index (χ2n) is 8.34. The van der Waals surface area contributed by atoms with Gasteiger partial charge in [-0.25, -0.2) is 0 Å².